The summed E-state index contributed by atoms with van der Waals surface area (Å²) in [5, 5.41) is 19.7. The molecule has 1 heterocycles. The number of fused-ring (bicyclic) bond motifs is 2. The molecule has 1 N–H and O–H groups in total. The van der Waals surface area contributed by atoms with Crippen LogP contribution in [0.4, 0.5) is 0 Å². The average Bonchev–Trinajstić information content (AvgIpc) is 2.51. The van der Waals surface area contributed by atoms with Crippen LogP contribution in [-0.4, -0.2) is 16.1 Å². The first-order valence-electron chi connectivity index (χ1n) is 6.27. The molecule has 3 rings (SSSR count). The summed E-state index contributed by atoms with van der Waals surface area (Å²) in [6, 6.07) is 14.4. The second-order valence-electron chi connectivity index (χ2n) is 4.63. The van der Waals surface area contributed by atoms with Crippen LogP contribution in [0.3, 0.4) is 0 Å². The van der Waals surface area contributed by atoms with Gasteiger partial charge in [0.1, 0.15) is 0 Å². The van der Waals surface area contributed by atoms with Crippen molar-refractivity contribution >= 4 is 33.3 Å². The number of nitriles is 1. The fourth-order valence-electron chi connectivity index (χ4n) is 2.39. The van der Waals surface area contributed by atoms with Crippen LogP contribution in [-0.2, 0) is 4.79 Å². The molecule has 0 amide bonds. The smallest absolute Gasteiger partial charge is 0.335 e. The number of nitrogens with zero attached hydrogens (tertiary/aromatic N) is 2. The Hall–Kier alpha value is -3.19. The summed E-state index contributed by atoms with van der Waals surface area (Å²) in [7, 11) is 0. The number of aliphatic carboxylic acids is 1. The summed E-state index contributed by atoms with van der Waals surface area (Å²) < 4.78 is 0. The number of carboxylic acids is 1. The maximum Gasteiger partial charge on any atom is 0.335 e. The quantitative estimate of drug-likeness (QED) is 0.574. The van der Waals surface area contributed by atoms with Gasteiger partial charge in [0, 0.05) is 16.3 Å². The predicted octanol–water partition coefficient (Wildman–Crippen LogP) is 3.36. The number of para-hydroxylation sites is 1. The lowest BCUT2D eigenvalue weighted by Crippen LogP contribution is -2.01. The van der Waals surface area contributed by atoms with E-state index >= 15 is 0 Å². The molecular formula is C17H10N2O2. The SMILES string of the molecule is C=C(C(=O)O)c1c2ccccc2nc2ccc(C#N)cc12. The van der Waals surface area contributed by atoms with E-state index in [4.69, 9.17) is 5.26 Å². The van der Waals surface area contributed by atoms with Gasteiger partial charge in [0.15, 0.2) is 0 Å². The predicted molar refractivity (Wildman–Crippen MR) is 80.6 cm³/mol. The minimum Gasteiger partial charge on any atom is -0.478 e. The normalized spacial score (nSPS) is 10.4. The van der Waals surface area contributed by atoms with Gasteiger partial charge >= 0.3 is 5.97 Å². The lowest BCUT2D eigenvalue weighted by Gasteiger charge is -2.11. The van der Waals surface area contributed by atoms with Crippen molar-refractivity contribution in [2.45, 2.75) is 0 Å². The Morgan fingerprint density at radius 1 is 1.14 bits per heavy atom. The van der Waals surface area contributed by atoms with Crippen LogP contribution in [0.25, 0.3) is 27.4 Å². The van der Waals surface area contributed by atoms with Crippen molar-refractivity contribution in [3.05, 3.63) is 60.2 Å². The summed E-state index contributed by atoms with van der Waals surface area (Å²) in [6.45, 7) is 3.67. The molecule has 4 nitrogen and oxygen atoms in total. The minimum atomic E-state index is -1.09. The molecule has 0 saturated heterocycles. The summed E-state index contributed by atoms with van der Waals surface area (Å²) in [5.41, 5.74) is 2.31. The van der Waals surface area contributed by atoms with Crippen molar-refractivity contribution in [3.8, 4) is 6.07 Å². The molecule has 100 valence electrons. The molecular weight excluding hydrogens is 264 g/mol. The number of hydrogen-bond donors (Lipinski definition) is 1. The molecule has 0 atom stereocenters. The summed E-state index contributed by atoms with van der Waals surface area (Å²) in [5.74, 6) is -1.09. The number of hydrogen-bond acceptors (Lipinski definition) is 3. The Kier molecular flexibility index (Phi) is 2.89. The van der Waals surface area contributed by atoms with Crippen LogP contribution in [0, 0.1) is 11.3 Å². The van der Waals surface area contributed by atoms with Gasteiger partial charge in [-0.1, -0.05) is 24.8 Å². The van der Waals surface area contributed by atoms with Crippen LogP contribution < -0.4 is 0 Å². The molecule has 0 unspecified atom stereocenters. The molecule has 0 saturated carbocycles. The molecule has 0 bridgehead atoms. The van der Waals surface area contributed by atoms with E-state index < -0.39 is 5.97 Å². The number of benzene rings is 2. The first kappa shape index (κ1) is 12.8. The maximum atomic E-state index is 11.4. The minimum absolute atomic E-state index is 0.00584. The van der Waals surface area contributed by atoms with Crippen molar-refractivity contribution in [2.75, 3.05) is 0 Å². The van der Waals surface area contributed by atoms with E-state index in [1.54, 1.807) is 18.2 Å². The second-order valence-corrected chi connectivity index (χ2v) is 4.63. The number of pyridine rings is 1. The molecule has 21 heavy (non-hydrogen) atoms. The third-order valence-corrected chi connectivity index (χ3v) is 3.37. The van der Waals surface area contributed by atoms with E-state index in [-0.39, 0.29) is 5.57 Å². The summed E-state index contributed by atoms with van der Waals surface area (Å²) >= 11 is 0. The summed E-state index contributed by atoms with van der Waals surface area (Å²) in [6.07, 6.45) is 0. The standard InChI is InChI=1S/C17H10N2O2/c1-10(17(20)21)16-12-4-2-3-5-14(12)19-15-7-6-11(9-18)8-13(15)16/h2-8H,1H2,(H,20,21). The van der Waals surface area contributed by atoms with E-state index in [2.05, 4.69) is 17.6 Å². The Labute approximate surface area is 120 Å². The van der Waals surface area contributed by atoms with Gasteiger partial charge in [0.2, 0.25) is 0 Å². The Morgan fingerprint density at radius 3 is 2.57 bits per heavy atom. The zero-order chi connectivity index (χ0) is 15.0. The van der Waals surface area contributed by atoms with E-state index in [0.29, 0.717) is 32.9 Å². The lowest BCUT2D eigenvalue weighted by molar-refractivity contribution is -0.130. The Balaban J connectivity index is 2.54. The number of aromatic nitrogens is 1. The summed E-state index contributed by atoms with van der Waals surface area (Å²) in [4.78, 5) is 15.9. The number of rotatable bonds is 2. The molecule has 3 aromatic rings. The molecule has 0 aliphatic heterocycles. The Morgan fingerprint density at radius 2 is 1.86 bits per heavy atom. The molecule has 0 fully saturated rings. The van der Waals surface area contributed by atoms with Crippen LogP contribution >= 0.6 is 0 Å². The van der Waals surface area contributed by atoms with Gasteiger partial charge in [-0.3, -0.25) is 0 Å². The lowest BCUT2D eigenvalue weighted by atomic mass is 9.96. The third-order valence-electron chi connectivity index (χ3n) is 3.37. The van der Waals surface area contributed by atoms with Crippen LogP contribution in [0.2, 0.25) is 0 Å². The zero-order valence-electron chi connectivity index (χ0n) is 11.0. The number of carbonyl (C=O) groups is 1. The van der Waals surface area contributed by atoms with E-state index in [1.807, 2.05) is 24.3 Å². The van der Waals surface area contributed by atoms with Crippen LogP contribution in [0.5, 0.6) is 0 Å². The van der Waals surface area contributed by atoms with E-state index in [1.165, 1.54) is 0 Å². The highest BCUT2D eigenvalue weighted by Crippen LogP contribution is 2.31. The van der Waals surface area contributed by atoms with Gasteiger partial charge in [-0.05, 0) is 24.3 Å². The van der Waals surface area contributed by atoms with Gasteiger partial charge in [-0.2, -0.15) is 5.26 Å². The van der Waals surface area contributed by atoms with Crippen molar-refractivity contribution in [2.24, 2.45) is 0 Å². The van der Waals surface area contributed by atoms with Crippen molar-refractivity contribution in [1.29, 1.82) is 5.26 Å². The largest absolute Gasteiger partial charge is 0.478 e. The molecule has 0 spiro atoms. The first-order chi connectivity index (χ1) is 10.1. The van der Waals surface area contributed by atoms with Gasteiger partial charge in [-0.25, -0.2) is 9.78 Å². The van der Waals surface area contributed by atoms with Gasteiger partial charge in [0.25, 0.3) is 0 Å². The van der Waals surface area contributed by atoms with Gasteiger partial charge in [-0.15, -0.1) is 0 Å². The topological polar surface area (TPSA) is 74.0 Å². The zero-order valence-corrected chi connectivity index (χ0v) is 11.0. The fourth-order valence-corrected chi connectivity index (χ4v) is 2.39. The molecule has 1 aromatic heterocycles. The highest BCUT2D eigenvalue weighted by molar-refractivity contribution is 6.23. The molecule has 0 radical (unpaired) electrons. The maximum absolute atomic E-state index is 11.4. The monoisotopic (exact) mass is 274 g/mol. The average molecular weight is 274 g/mol. The molecule has 2 aromatic carbocycles. The first-order valence-corrected chi connectivity index (χ1v) is 6.27. The Bertz CT molecular complexity index is 952. The third kappa shape index (κ3) is 2.01. The van der Waals surface area contributed by atoms with Crippen LogP contribution in [0.15, 0.2) is 49.0 Å². The number of carboxylic acid groups (broad SMARTS) is 1. The van der Waals surface area contributed by atoms with E-state index in [0.717, 1.165) is 0 Å². The molecule has 4 heteroatoms. The molecule has 0 aliphatic rings. The van der Waals surface area contributed by atoms with Crippen molar-refractivity contribution < 1.29 is 9.90 Å². The van der Waals surface area contributed by atoms with E-state index in [9.17, 15) is 9.90 Å². The second kappa shape index (κ2) is 4.73. The fraction of sp³-hybridized carbons (Fsp3) is 0. The molecule has 0 aliphatic carbocycles. The highest BCUT2D eigenvalue weighted by atomic mass is 16.4. The van der Waals surface area contributed by atoms with Crippen molar-refractivity contribution in [3.63, 3.8) is 0 Å². The highest BCUT2D eigenvalue weighted by Gasteiger charge is 2.16. The van der Waals surface area contributed by atoms with Gasteiger partial charge < -0.3 is 5.11 Å². The van der Waals surface area contributed by atoms with Gasteiger partial charge in [0.05, 0.1) is 28.2 Å². The van der Waals surface area contributed by atoms with Crippen molar-refractivity contribution in [1.82, 2.24) is 4.98 Å². The van der Waals surface area contributed by atoms with Crippen LogP contribution in [0.1, 0.15) is 11.1 Å².